The van der Waals surface area contributed by atoms with Gasteiger partial charge in [0.25, 0.3) is 11.8 Å². The van der Waals surface area contributed by atoms with Gasteiger partial charge in [0.05, 0.1) is 16.8 Å². The molecule has 1 heterocycles. The quantitative estimate of drug-likeness (QED) is 0.205. The Morgan fingerprint density at radius 1 is 1.41 bits per heavy atom. The third-order valence-electron chi connectivity index (χ3n) is 3.95. The topological polar surface area (TPSA) is 67.9 Å². The summed E-state index contributed by atoms with van der Waals surface area (Å²) < 4.78 is 12.2. The van der Waals surface area contributed by atoms with Crippen molar-refractivity contribution in [3.63, 3.8) is 0 Å². The van der Waals surface area contributed by atoms with Crippen molar-refractivity contribution in [2.45, 2.75) is 26.4 Å². The summed E-state index contributed by atoms with van der Waals surface area (Å²) in [5, 5.41) is 2.60. The van der Waals surface area contributed by atoms with Crippen LogP contribution in [0.4, 0.5) is 0 Å². The van der Waals surface area contributed by atoms with E-state index in [1.807, 2.05) is 19.9 Å². The van der Waals surface area contributed by atoms with Crippen molar-refractivity contribution < 1.29 is 19.1 Å². The first-order valence-corrected chi connectivity index (χ1v) is 9.85. The van der Waals surface area contributed by atoms with Gasteiger partial charge in [-0.25, -0.2) is 0 Å². The molecule has 0 aromatic heterocycles. The van der Waals surface area contributed by atoms with E-state index >= 15 is 0 Å². The fourth-order valence-electron chi connectivity index (χ4n) is 2.38. The Bertz CT molecular complexity index is 822. The summed E-state index contributed by atoms with van der Waals surface area (Å²) in [6.45, 7) is 7.85. The Morgan fingerprint density at radius 3 is 2.70 bits per heavy atom. The molecule has 2 amide bonds. The molecule has 1 N–H and O–H groups in total. The predicted molar refractivity (Wildman–Crippen MR) is 117 cm³/mol. The van der Waals surface area contributed by atoms with Crippen LogP contribution in [0.5, 0.6) is 11.5 Å². The van der Waals surface area contributed by atoms with E-state index in [1.165, 1.54) is 11.0 Å². The average Bonchev–Trinajstić information content (AvgIpc) is 2.63. The number of ether oxygens (including phenoxy) is 2. The number of hydrogen-bond donors (Lipinski definition) is 1. The van der Waals surface area contributed by atoms with Gasteiger partial charge < -0.3 is 9.47 Å². The Labute approximate surface area is 177 Å². The van der Waals surface area contributed by atoms with Gasteiger partial charge in [-0.05, 0) is 71.9 Å². The van der Waals surface area contributed by atoms with Crippen molar-refractivity contribution in [1.82, 2.24) is 10.2 Å². The van der Waals surface area contributed by atoms with Crippen LogP contribution in [0.2, 0.25) is 0 Å². The summed E-state index contributed by atoms with van der Waals surface area (Å²) in [5.41, 5.74) is 0.650. The number of nitrogens with one attached hydrogen (secondary N) is 1. The molecular formula is C19H21IN2O4S. The molecule has 1 saturated heterocycles. The smallest absolute Gasteiger partial charge is 0.265 e. The lowest BCUT2D eigenvalue weighted by Crippen LogP contribution is -2.53. The first-order chi connectivity index (χ1) is 12.8. The normalized spacial score (nSPS) is 17.0. The summed E-state index contributed by atoms with van der Waals surface area (Å²) in [6.07, 6.45) is 3.97. The average molecular weight is 500 g/mol. The molecule has 0 bridgehead atoms. The van der Waals surface area contributed by atoms with Crippen LogP contribution in [-0.2, 0) is 9.59 Å². The van der Waals surface area contributed by atoms with Crippen molar-refractivity contribution in [3.8, 4) is 11.5 Å². The first-order valence-electron chi connectivity index (χ1n) is 8.36. The molecule has 0 saturated carbocycles. The molecule has 27 heavy (non-hydrogen) atoms. The van der Waals surface area contributed by atoms with Crippen molar-refractivity contribution >= 4 is 57.8 Å². The molecule has 144 valence electrons. The molecule has 0 aliphatic carbocycles. The molecule has 2 rings (SSSR count). The maximum atomic E-state index is 12.6. The third-order valence-corrected chi connectivity index (χ3v) is 5.08. The van der Waals surface area contributed by atoms with Crippen LogP contribution in [0.15, 0.2) is 30.4 Å². The second kappa shape index (κ2) is 9.32. The van der Waals surface area contributed by atoms with Gasteiger partial charge in [0.15, 0.2) is 16.6 Å². The first kappa shape index (κ1) is 21.4. The largest absolute Gasteiger partial charge is 0.493 e. The van der Waals surface area contributed by atoms with Gasteiger partial charge in [-0.2, -0.15) is 0 Å². The third kappa shape index (κ3) is 4.86. The SMILES string of the molecule is C=CCN1C(=O)/C(=C/c2cc(I)c(O[C@@H](C)CC)c(OC)c2)C(=O)NC1=S. The van der Waals surface area contributed by atoms with Gasteiger partial charge in [-0.1, -0.05) is 13.0 Å². The number of carbonyl (C=O) groups is 2. The van der Waals surface area contributed by atoms with Gasteiger partial charge in [0.1, 0.15) is 5.57 Å². The number of benzene rings is 1. The van der Waals surface area contributed by atoms with E-state index in [4.69, 9.17) is 21.7 Å². The lowest BCUT2D eigenvalue weighted by molar-refractivity contribution is -0.128. The maximum Gasteiger partial charge on any atom is 0.265 e. The molecule has 1 aromatic rings. The summed E-state index contributed by atoms with van der Waals surface area (Å²) in [4.78, 5) is 26.2. The fraction of sp³-hybridized carbons (Fsp3) is 0.316. The molecule has 6 nitrogen and oxygen atoms in total. The Morgan fingerprint density at radius 2 is 2.11 bits per heavy atom. The van der Waals surface area contributed by atoms with Crippen LogP contribution in [0.3, 0.4) is 0 Å². The predicted octanol–water partition coefficient (Wildman–Crippen LogP) is 3.29. The fourth-order valence-corrected chi connectivity index (χ4v) is 3.38. The van der Waals surface area contributed by atoms with Gasteiger partial charge >= 0.3 is 0 Å². The highest BCUT2D eigenvalue weighted by molar-refractivity contribution is 14.1. The number of nitrogens with zero attached hydrogens (tertiary/aromatic N) is 1. The van der Waals surface area contributed by atoms with Crippen LogP contribution >= 0.6 is 34.8 Å². The van der Waals surface area contributed by atoms with E-state index in [9.17, 15) is 9.59 Å². The highest BCUT2D eigenvalue weighted by atomic mass is 127. The molecule has 0 radical (unpaired) electrons. The van der Waals surface area contributed by atoms with Gasteiger partial charge in [0.2, 0.25) is 0 Å². The Balaban J connectivity index is 2.44. The lowest BCUT2D eigenvalue weighted by Gasteiger charge is -2.27. The van der Waals surface area contributed by atoms with Gasteiger partial charge in [0, 0.05) is 6.54 Å². The number of hydrogen-bond acceptors (Lipinski definition) is 5. The molecule has 1 aliphatic rings. The standard InChI is InChI=1S/C19H21IN2O4S/c1-5-7-22-18(24)13(17(23)21-19(22)27)8-12-9-14(20)16(15(10-12)25-4)26-11(3)6-2/h5,8-11H,1,6-7H2,2-4H3,(H,21,23,27)/b13-8+/t11-/m0/s1. The summed E-state index contributed by atoms with van der Waals surface area (Å²) in [7, 11) is 1.55. The molecule has 0 spiro atoms. The molecule has 1 aliphatic heterocycles. The van der Waals surface area contributed by atoms with Crippen LogP contribution < -0.4 is 14.8 Å². The number of rotatable bonds is 7. The minimum Gasteiger partial charge on any atom is -0.493 e. The van der Waals surface area contributed by atoms with Gasteiger partial charge in [-0.15, -0.1) is 6.58 Å². The second-order valence-corrected chi connectivity index (χ2v) is 7.44. The van der Waals surface area contributed by atoms with Crippen LogP contribution in [0.25, 0.3) is 6.08 Å². The summed E-state index contributed by atoms with van der Waals surface area (Å²) in [5.74, 6) is 0.191. The zero-order valence-corrected chi connectivity index (χ0v) is 18.3. The molecule has 1 atom stereocenters. The number of halogens is 1. The van der Waals surface area contributed by atoms with Gasteiger partial charge in [-0.3, -0.25) is 19.8 Å². The Hall–Kier alpha value is -1.94. The maximum absolute atomic E-state index is 12.6. The van der Waals surface area contributed by atoms with Crippen LogP contribution in [0.1, 0.15) is 25.8 Å². The lowest BCUT2D eigenvalue weighted by atomic mass is 10.1. The van der Waals surface area contributed by atoms with Crippen molar-refractivity contribution in [1.29, 1.82) is 0 Å². The molecular weight excluding hydrogens is 479 g/mol. The zero-order valence-electron chi connectivity index (χ0n) is 15.4. The Kier molecular flexibility index (Phi) is 7.37. The number of amides is 2. The van der Waals surface area contributed by atoms with E-state index in [0.29, 0.717) is 17.1 Å². The van der Waals surface area contributed by atoms with E-state index in [-0.39, 0.29) is 23.3 Å². The van der Waals surface area contributed by atoms with Crippen molar-refractivity contribution in [2.24, 2.45) is 0 Å². The van der Waals surface area contributed by atoms with Crippen LogP contribution in [0, 0.1) is 3.57 Å². The molecule has 1 aromatic carbocycles. The highest BCUT2D eigenvalue weighted by Gasteiger charge is 2.32. The zero-order chi connectivity index (χ0) is 20.1. The number of thiocarbonyl (C=S) groups is 1. The summed E-state index contributed by atoms with van der Waals surface area (Å²) >= 11 is 7.20. The molecule has 8 heteroatoms. The van der Waals surface area contributed by atoms with E-state index < -0.39 is 11.8 Å². The number of methoxy groups -OCH3 is 1. The van der Waals surface area contributed by atoms with Crippen LogP contribution in [-0.4, -0.2) is 41.6 Å². The number of carbonyl (C=O) groups excluding carboxylic acids is 2. The van der Waals surface area contributed by atoms with E-state index in [1.54, 1.807) is 19.3 Å². The summed E-state index contributed by atoms with van der Waals surface area (Å²) in [6, 6.07) is 3.57. The molecule has 1 fully saturated rings. The monoisotopic (exact) mass is 500 g/mol. The van der Waals surface area contributed by atoms with Crippen molar-refractivity contribution in [2.75, 3.05) is 13.7 Å². The molecule has 0 unspecified atom stereocenters. The highest BCUT2D eigenvalue weighted by Crippen LogP contribution is 2.35. The van der Waals surface area contributed by atoms with E-state index in [0.717, 1.165) is 9.99 Å². The van der Waals surface area contributed by atoms with Crippen molar-refractivity contribution in [3.05, 3.63) is 39.5 Å². The second-order valence-electron chi connectivity index (χ2n) is 5.89. The minimum atomic E-state index is -0.529. The van der Waals surface area contributed by atoms with E-state index in [2.05, 4.69) is 34.5 Å². The minimum absolute atomic E-state index is 0.00102.